The first-order chi connectivity index (χ1) is 9.11. The number of nitro groups is 1. The number of nitrogens with one attached hydrogen (secondary N) is 1. The molecule has 1 amide bonds. The van der Waals surface area contributed by atoms with Crippen LogP contribution in [0.1, 0.15) is 29.8 Å². The van der Waals surface area contributed by atoms with Crippen molar-refractivity contribution in [2.24, 2.45) is 5.92 Å². The molecule has 1 aliphatic rings. The second-order valence-electron chi connectivity index (χ2n) is 4.75. The number of aromatic nitrogens is 1. The van der Waals surface area contributed by atoms with Crippen molar-refractivity contribution in [1.29, 1.82) is 0 Å². The minimum atomic E-state index is -0.538. The highest BCUT2D eigenvalue weighted by molar-refractivity contribution is 6.17. The molecule has 0 radical (unpaired) electrons. The lowest BCUT2D eigenvalue weighted by atomic mass is 9.95. The summed E-state index contributed by atoms with van der Waals surface area (Å²) >= 11 is 5.73. The number of hydrogen-bond donors (Lipinski definition) is 1. The van der Waals surface area contributed by atoms with Gasteiger partial charge in [0.05, 0.1) is 0 Å². The van der Waals surface area contributed by atoms with Gasteiger partial charge in [0.25, 0.3) is 5.91 Å². The van der Waals surface area contributed by atoms with E-state index in [1.807, 2.05) is 0 Å². The average Bonchev–Trinajstić information content (AvgIpc) is 2.88. The summed E-state index contributed by atoms with van der Waals surface area (Å²) in [4.78, 5) is 26.6. The molecule has 2 rings (SSSR count). The quantitative estimate of drug-likeness (QED) is 0.524. The predicted octanol–water partition coefficient (Wildman–Crippen LogP) is 2.40. The minimum absolute atomic E-state index is 0.155. The molecule has 1 aliphatic heterocycles. The van der Waals surface area contributed by atoms with Crippen molar-refractivity contribution < 1.29 is 9.72 Å². The van der Waals surface area contributed by atoms with Crippen molar-refractivity contribution in [3.8, 4) is 0 Å². The number of H-pyrrole nitrogens is 1. The Morgan fingerprint density at radius 2 is 2.37 bits per heavy atom. The van der Waals surface area contributed by atoms with E-state index < -0.39 is 4.92 Å². The maximum Gasteiger partial charge on any atom is 0.321 e. The van der Waals surface area contributed by atoms with Crippen LogP contribution in [0.15, 0.2) is 12.1 Å². The number of carbonyl (C=O) groups is 1. The molecule has 104 valence electrons. The molecule has 6 nitrogen and oxygen atoms in total. The molecule has 0 aliphatic carbocycles. The molecular formula is C12H16ClN3O3. The Morgan fingerprint density at radius 3 is 3.00 bits per heavy atom. The number of rotatable bonds is 4. The van der Waals surface area contributed by atoms with Crippen LogP contribution in [-0.4, -0.2) is 39.7 Å². The van der Waals surface area contributed by atoms with Gasteiger partial charge in [-0.25, -0.2) is 4.98 Å². The van der Waals surface area contributed by atoms with Gasteiger partial charge in [0, 0.05) is 25.0 Å². The molecule has 1 aromatic heterocycles. The van der Waals surface area contributed by atoms with Gasteiger partial charge in [-0.1, -0.05) is 0 Å². The van der Waals surface area contributed by atoms with Gasteiger partial charge in [-0.2, -0.15) is 0 Å². The molecule has 19 heavy (non-hydrogen) atoms. The van der Waals surface area contributed by atoms with Crippen molar-refractivity contribution >= 4 is 23.3 Å². The zero-order valence-corrected chi connectivity index (χ0v) is 11.2. The largest absolute Gasteiger partial charge is 0.358 e. The normalized spacial score (nSPS) is 19.4. The van der Waals surface area contributed by atoms with Crippen molar-refractivity contribution in [3.63, 3.8) is 0 Å². The van der Waals surface area contributed by atoms with Crippen LogP contribution < -0.4 is 0 Å². The molecule has 1 saturated heterocycles. The maximum absolute atomic E-state index is 12.2. The molecule has 0 aromatic carbocycles. The van der Waals surface area contributed by atoms with Crippen LogP contribution in [0.4, 0.5) is 5.82 Å². The van der Waals surface area contributed by atoms with E-state index in [2.05, 4.69) is 4.98 Å². The SMILES string of the molecule is O=C(c1ccc([N+](=O)[O-])[nH]1)N1CCCC(CCCl)C1. The van der Waals surface area contributed by atoms with E-state index in [4.69, 9.17) is 11.6 Å². The molecule has 1 aromatic rings. The first-order valence-corrected chi connectivity index (χ1v) is 6.84. The van der Waals surface area contributed by atoms with Gasteiger partial charge in [-0.15, -0.1) is 11.6 Å². The van der Waals surface area contributed by atoms with Gasteiger partial charge in [-0.05, 0) is 36.2 Å². The summed E-state index contributed by atoms with van der Waals surface area (Å²) in [5, 5.41) is 10.6. The van der Waals surface area contributed by atoms with Crippen LogP contribution in [0.3, 0.4) is 0 Å². The number of alkyl halides is 1. The van der Waals surface area contributed by atoms with E-state index in [0.717, 1.165) is 19.3 Å². The van der Waals surface area contributed by atoms with Gasteiger partial charge in [0.1, 0.15) is 0 Å². The second kappa shape index (κ2) is 6.06. The molecule has 0 bridgehead atoms. The standard InChI is InChI=1S/C12H16ClN3O3/c13-6-5-9-2-1-7-15(8-9)12(17)10-3-4-11(14-10)16(18)19/h3-4,9,14H,1-2,5-8H2. The van der Waals surface area contributed by atoms with Crippen LogP contribution in [0.5, 0.6) is 0 Å². The number of nitrogens with zero attached hydrogens (tertiary/aromatic N) is 2. The first-order valence-electron chi connectivity index (χ1n) is 6.30. The summed E-state index contributed by atoms with van der Waals surface area (Å²) in [5.41, 5.74) is 0.276. The average molecular weight is 286 g/mol. The third kappa shape index (κ3) is 3.26. The maximum atomic E-state index is 12.2. The van der Waals surface area contributed by atoms with Gasteiger partial charge >= 0.3 is 5.82 Å². The van der Waals surface area contributed by atoms with E-state index in [1.54, 1.807) is 4.90 Å². The lowest BCUT2D eigenvalue weighted by Gasteiger charge is -2.31. The summed E-state index contributed by atoms with van der Waals surface area (Å²) in [6, 6.07) is 2.78. The smallest absolute Gasteiger partial charge is 0.321 e. The zero-order valence-electron chi connectivity index (χ0n) is 10.5. The van der Waals surface area contributed by atoms with Crippen LogP contribution in [-0.2, 0) is 0 Å². The van der Waals surface area contributed by atoms with Crippen LogP contribution in [0, 0.1) is 16.0 Å². The number of likely N-dealkylation sites (tertiary alicyclic amines) is 1. The van der Waals surface area contributed by atoms with E-state index in [-0.39, 0.29) is 17.4 Å². The topological polar surface area (TPSA) is 79.2 Å². The minimum Gasteiger partial charge on any atom is -0.358 e. The molecule has 0 spiro atoms. The second-order valence-corrected chi connectivity index (χ2v) is 5.13. The fraction of sp³-hybridized carbons (Fsp3) is 0.583. The van der Waals surface area contributed by atoms with Crippen molar-refractivity contribution in [2.75, 3.05) is 19.0 Å². The molecule has 1 atom stereocenters. The van der Waals surface area contributed by atoms with Gasteiger partial charge in [0.15, 0.2) is 5.69 Å². The Labute approximate surface area is 115 Å². The summed E-state index contributed by atoms with van der Waals surface area (Å²) < 4.78 is 0. The van der Waals surface area contributed by atoms with E-state index in [0.29, 0.717) is 24.9 Å². The molecule has 0 saturated carbocycles. The van der Waals surface area contributed by atoms with Gasteiger partial charge < -0.3 is 15.0 Å². The molecule has 1 N–H and O–H groups in total. The molecule has 2 heterocycles. The number of aromatic amines is 1. The molecule has 1 fully saturated rings. The monoisotopic (exact) mass is 285 g/mol. The third-order valence-electron chi connectivity index (χ3n) is 3.42. The Balaban J connectivity index is 2.03. The lowest BCUT2D eigenvalue weighted by molar-refractivity contribution is -0.389. The first kappa shape index (κ1) is 13.9. The Morgan fingerprint density at radius 1 is 1.58 bits per heavy atom. The number of hydrogen-bond acceptors (Lipinski definition) is 3. The Kier molecular flexibility index (Phi) is 4.42. The highest BCUT2D eigenvalue weighted by Gasteiger charge is 2.26. The fourth-order valence-electron chi connectivity index (χ4n) is 2.42. The molecule has 1 unspecified atom stereocenters. The van der Waals surface area contributed by atoms with Crippen LogP contribution in [0.2, 0.25) is 0 Å². The predicted molar refractivity (Wildman–Crippen MR) is 71.4 cm³/mol. The van der Waals surface area contributed by atoms with E-state index in [9.17, 15) is 14.9 Å². The lowest BCUT2D eigenvalue weighted by Crippen LogP contribution is -2.40. The summed E-state index contributed by atoms with van der Waals surface area (Å²) in [6.07, 6.45) is 2.94. The van der Waals surface area contributed by atoms with E-state index in [1.165, 1.54) is 12.1 Å². The fourth-order valence-corrected chi connectivity index (χ4v) is 2.73. The Hall–Kier alpha value is -1.56. The zero-order chi connectivity index (χ0) is 13.8. The summed E-state index contributed by atoms with van der Waals surface area (Å²) in [6.45, 7) is 1.38. The summed E-state index contributed by atoms with van der Waals surface area (Å²) in [7, 11) is 0. The van der Waals surface area contributed by atoms with Crippen molar-refractivity contribution in [3.05, 3.63) is 27.9 Å². The molecule has 7 heteroatoms. The number of amides is 1. The number of carbonyl (C=O) groups excluding carboxylic acids is 1. The van der Waals surface area contributed by atoms with Crippen molar-refractivity contribution in [1.82, 2.24) is 9.88 Å². The number of halogens is 1. The Bertz CT molecular complexity index is 473. The number of piperidine rings is 1. The van der Waals surface area contributed by atoms with Crippen LogP contribution in [0.25, 0.3) is 0 Å². The third-order valence-corrected chi connectivity index (χ3v) is 3.64. The van der Waals surface area contributed by atoms with Crippen LogP contribution >= 0.6 is 11.6 Å². The highest BCUT2D eigenvalue weighted by atomic mass is 35.5. The van der Waals surface area contributed by atoms with Gasteiger partial charge in [-0.3, -0.25) is 4.79 Å². The van der Waals surface area contributed by atoms with E-state index >= 15 is 0 Å². The van der Waals surface area contributed by atoms with Gasteiger partial charge in [0.2, 0.25) is 0 Å². The summed E-state index contributed by atoms with van der Waals surface area (Å²) in [5.74, 6) is 0.700. The molecular weight excluding hydrogens is 270 g/mol. The highest BCUT2D eigenvalue weighted by Crippen LogP contribution is 2.22. The van der Waals surface area contributed by atoms with Crippen molar-refractivity contribution in [2.45, 2.75) is 19.3 Å².